The number of furan rings is 2. The molecule has 99 heavy (non-hydrogen) atoms. The van der Waals surface area contributed by atoms with Crippen molar-refractivity contribution in [3.05, 3.63) is 309 Å². The van der Waals surface area contributed by atoms with Crippen molar-refractivity contribution >= 4 is 184 Å². The highest BCUT2D eigenvalue weighted by Crippen LogP contribution is 2.50. The van der Waals surface area contributed by atoms with Crippen molar-refractivity contribution in [1.29, 1.82) is 0 Å². The fourth-order valence-electron chi connectivity index (χ4n) is 15.0. The molecule has 8 aromatic heterocycles. The van der Waals surface area contributed by atoms with Crippen LogP contribution in [0.25, 0.3) is 200 Å². The van der Waals surface area contributed by atoms with Crippen LogP contribution in [0.15, 0.2) is 312 Å². The van der Waals surface area contributed by atoms with Gasteiger partial charge in [0.25, 0.3) is 0 Å². The van der Waals surface area contributed by atoms with Gasteiger partial charge in [0.15, 0.2) is 0 Å². The number of thiophene rings is 2. The van der Waals surface area contributed by atoms with Crippen LogP contribution < -0.4 is 0 Å². The van der Waals surface area contributed by atoms with Gasteiger partial charge in [0.2, 0.25) is 22.7 Å². The van der Waals surface area contributed by atoms with Gasteiger partial charge in [-0.05, 0) is 93.2 Å². The van der Waals surface area contributed by atoms with Gasteiger partial charge in [-0.1, -0.05) is 255 Å². The number of fused-ring (bicyclic) bond motifs is 26. The van der Waals surface area contributed by atoms with Crippen LogP contribution in [0.5, 0.6) is 0 Å². The Morgan fingerprint density at radius 2 is 0.747 bits per heavy atom. The second-order valence-corrected chi connectivity index (χ2v) is 27.3. The number of rotatable bonds is 5. The Balaban J connectivity index is 0.000000111. The fraction of sp³-hybridized carbons (Fsp3) is 0. The molecule has 0 aliphatic carbocycles. The number of nitrogens with one attached hydrogen (secondary N) is 1. The lowest BCUT2D eigenvalue weighted by atomic mass is 10.00. The molecule has 0 bridgehead atoms. The molecule has 22 aromatic rings. The maximum absolute atomic E-state index is 6.54. The van der Waals surface area contributed by atoms with Crippen molar-refractivity contribution in [2.75, 3.05) is 0 Å². The first-order chi connectivity index (χ1) is 49.0. The first kappa shape index (κ1) is 57.0. The van der Waals surface area contributed by atoms with Gasteiger partial charge >= 0.3 is 0 Å². The average molecular weight is 1320 g/mol. The number of para-hydroxylation sites is 4. The molecule has 0 amide bonds. The van der Waals surface area contributed by atoms with Crippen molar-refractivity contribution in [2.45, 2.75) is 0 Å². The van der Waals surface area contributed by atoms with E-state index in [-0.39, 0.29) is 5.28 Å². The van der Waals surface area contributed by atoms with E-state index in [4.69, 9.17) is 30.4 Å². The van der Waals surface area contributed by atoms with Crippen molar-refractivity contribution in [3.8, 4) is 50.7 Å². The number of nitrogens with zero attached hydrogens (tertiary/aromatic N) is 5. The molecule has 14 aromatic carbocycles. The van der Waals surface area contributed by atoms with Gasteiger partial charge in [-0.2, -0.15) is 9.97 Å². The lowest BCUT2D eigenvalue weighted by molar-refractivity contribution is 0.651. The molecule has 22 rings (SSSR count). The van der Waals surface area contributed by atoms with Gasteiger partial charge in [-0.3, -0.25) is 4.57 Å². The minimum absolute atomic E-state index is 0.177. The number of aromatic amines is 1. The van der Waals surface area contributed by atoms with E-state index in [0.29, 0.717) is 17.4 Å². The number of aromatic nitrogens is 6. The van der Waals surface area contributed by atoms with E-state index < -0.39 is 0 Å². The van der Waals surface area contributed by atoms with Crippen LogP contribution in [0.2, 0.25) is 5.28 Å². The summed E-state index contributed by atoms with van der Waals surface area (Å²) in [5.41, 5.74) is 15.5. The Bertz CT molecular complexity index is 7030. The average Bonchev–Trinajstić information content (AvgIpc) is 1.55. The van der Waals surface area contributed by atoms with Crippen molar-refractivity contribution in [1.82, 2.24) is 29.5 Å². The van der Waals surface area contributed by atoms with Crippen molar-refractivity contribution in [3.63, 3.8) is 0 Å². The maximum Gasteiger partial charge on any atom is 0.238 e. The number of benzene rings is 14. The van der Waals surface area contributed by atoms with Gasteiger partial charge in [-0.15, -0.1) is 22.7 Å². The molecule has 0 aliphatic rings. The number of hydrogen-bond acceptors (Lipinski definition) is 8. The Labute approximate surface area is 577 Å². The van der Waals surface area contributed by atoms with Crippen LogP contribution in [0.3, 0.4) is 0 Å². The van der Waals surface area contributed by atoms with Crippen LogP contribution in [0.1, 0.15) is 0 Å². The molecule has 0 aliphatic heterocycles. The third-order valence-electron chi connectivity index (χ3n) is 19.3. The summed E-state index contributed by atoms with van der Waals surface area (Å²) in [6.45, 7) is 0. The summed E-state index contributed by atoms with van der Waals surface area (Å²) in [6.07, 6.45) is 0. The van der Waals surface area contributed by atoms with Crippen LogP contribution in [-0.4, -0.2) is 29.5 Å². The standard InChI is InChI=1S/C44H25N3OS.C22H13ClN2O.C22H13NS/c1-2-13-26(14-3-1)27-15-12-16-28(25-27)40-38-32-20-7-10-23-35(32)48-43(38)46-44(45-40)47-34-22-9-6-19-31(34)37-29-17-4-5-18-30(29)42-39(41(37)47)33-21-8-11-24-36(33)49-42;23-22-24-20(19-17-11-4-5-12-18(17)26-21(19)25-22)16-10-6-9-15(13-16)14-7-2-1-3-8-14;1-2-8-14-13(7-1)19-15-9-3-5-11-17(15)23-21(19)20-16-10-4-6-12-18(16)24-22(14)20/h1-25H;1-13H;1-12,23H. The fourth-order valence-corrected chi connectivity index (χ4v) is 17.7. The Morgan fingerprint density at radius 1 is 0.313 bits per heavy atom. The van der Waals surface area contributed by atoms with E-state index in [1.807, 2.05) is 102 Å². The summed E-state index contributed by atoms with van der Waals surface area (Å²) in [4.78, 5) is 23.3. The lowest BCUT2D eigenvalue weighted by Gasteiger charge is -2.12. The highest BCUT2D eigenvalue weighted by molar-refractivity contribution is 7.27. The molecule has 0 atom stereocenters. The summed E-state index contributed by atoms with van der Waals surface area (Å²) in [5.74, 6) is 0.588. The van der Waals surface area contributed by atoms with Gasteiger partial charge < -0.3 is 13.8 Å². The predicted octanol–water partition coefficient (Wildman–Crippen LogP) is 25.5. The van der Waals surface area contributed by atoms with E-state index in [0.717, 1.165) is 88.5 Å². The highest BCUT2D eigenvalue weighted by atomic mass is 35.5. The molecule has 11 heteroatoms. The highest BCUT2D eigenvalue weighted by Gasteiger charge is 2.26. The van der Waals surface area contributed by atoms with E-state index in [1.54, 1.807) is 0 Å². The molecular formula is C88H51ClN6O2S2. The Hall–Kier alpha value is -12.3. The van der Waals surface area contributed by atoms with Gasteiger partial charge in [-0.25, -0.2) is 9.97 Å². The summed E-state index contributed by atoms with van der Waals surface area (Å²) in [5, 5.41) is 19.4. The molecule has 8 heterocycles. The molecule has 0 saturated heterocycles. The molecule has 0 unspecified atom stereocenters. The van der Waals surface area contributed by atoms with E-state index >= 15 is 0 Å². The number of H-pyrrole nitrogens is 1. The van der Waals surface area contributed by atoms with Crippen LogP contribution in [0, 0.1) is 0 Å². The topological polar surface area (TPSA) is 98.6 Å². The van der Waals surface area contributed by atoms with Crippen LogP contribution in [0.4, 0.5) is 0 Å². The maximum atomic E-state index is 6.54. The molecule has 0 saturated carbocycles. The third-order valence-corrected chi connectivity index (χ3v) is 21.8. The molecule has 1 N–H and O–H groups in total. The predicted molar refractivity (Wildman–Crippen MR) is 416 cm³/mol. The Kier molecular flexibility index (Phi) is 13.2. The second kappa shape index (κ2) is 22.9. The summed E-state index contributed by atoms with van der Waals surface area (Å²) >= 11 is 9.92. The minimum atomic E-state index is 0.177. The summed E-state index contributed by atoms with van der Waals surface area (Å²) < 4.78 is 20.0. The van der Waals surface area contributed by atoms with E-state index in [9.17, 15) is 0 Å². The molecule has 0 spiro atoms. The van der Waals surface area contributed by atoms with E-state index in [2.05, 4.69) is 244 Å². The van der Waals surface area contributed by atoms with Crippen LogP contribution >= 0.6 is 34.3 Å². The second-order valence-electron chi connectivity index (χ2n) is 24.9. The Morgan fingerprint density at radius 3 is 1.35 bits per heavy atom. The van der Waals surface area contributed by atoms with Gasteiger partial charge in [0.05, 0.1) is 38.7 Å². The molecule has 464 valence electrons. The zero-order chi connectivity index (χ0) is 65.2. The molecule has 8 nitrogen and oxygen atoms in total. The summed E-state index contributed by atoms with van der Waals surface area (Å²) in [6, 6.07) is 106. The molecule has 0 radical (unpaired) electrons. The van der Waals surface area contributed by atoms with Crippen molar-refractivity contribution < 1.29 is 8.83 Å². The number of halogens is 1. The van der Waals surface area contributed by atoms with Crippen LogP contribution in [-0.2, 0) is 0 Å². The minimum Gasteiger partial charge on any atom is -0.438 e. The quantitative estimate of drug-likeness (QED) is 0.172. The first-order valence-corrected chi connectivity index (χ1v) is 34.9. The van der Waals surface area contributed by atoms with Gasteiger partial charge in [0, 0.05) is 100 Å². The smallest absolute Gasteiger partial charge is 0.238 e. The monoisotopic (exact) mass is 1320 g/mol. The zero-order valence-corrected chi connectivity index (χ0v) is 55.0. The summed E-state index contributed by atoms with van der Waals surface area (Å²) in [7, 11) is 0. The van der Waals surface area contributed by atoms with Crippen molar-refractivity contribution in [2.24, 2.45) is 0 Å². The normalized spacial score (nSPS) is 11.9. The first-order valence-electron chi connectivity index (χ1n) is 32.9. The molecular weight excluding hydrogens is 1270 g/mol. The zero-order valence-electron chi connectivity index (χ0n) is 52.6. The third kappa shape index (κ3) is 9.18. The SMILES string of the molecule is Clc1nc(-c2cccc(-c3ccccc3)c2)c2c(n1)oc1ccccc12.c1ccc(-c2cccc(-c3nc(-n4c5ccccc5c5c6ccccc6c6sc7ccccc7c6c54)nc4oc5ccccc5c34)c2)cc1.c1ccc2c(c1)[nH]c1c2c2ccccc2c2sc3ccccc3c12. The number of hydrogen-bond donors (Lipinski definition) is 1. The van der Waals surface area contributed by atoms with E-state index in [1.165, 1.54) is 94.5 Å². The largest absolute Gasteiger partial charge is 0.438 e. The molecule has 0 fully saturated rings. The van der Waals surface area contributed by atoms with Gasteiger partial charge in [0.1, 0.15) is 11.2 Å². The lowest BCUT2D eigenvalue weighted by Crippen LogP contribution is -2.03.